The molecule has 0 radical (unpaired) electrons. The summed E-state index contributed by atoms with van der Waals surface area (Å²) in [5, 5.41) is 72.9. The number of benzene rings is 3. The van der Waals surface area contributed by atoms with Gasteiger partial charge in [-0.15, -0.1) is 0 Å². The second kappa shape index (κ2) is 18.5. The largest absolute Gasteiger partial charge is 0.456 e. The first-order chi connectivity index (χ1) is 32.2. The first-order valence-corrected chi connectivity index (χ1v) is 22.5. The number of Topliss-reactive ketones (excluding diaryl/α,β-unsaturated/α-hetero) is 1. The zero-order chi connectivity index (χ0) is 49.1. The van der Waals surface area contributed by atoms with Gasteiger partial charge in [0.2, 0.25) is 0 Å². The predicted molar refractivity (Wildman–Crippen MR) is 235 cm³/mol. The number of carbonyl (C=O) groups excluding carboxylic acids is 5. The fraction of sp³-hybridized carbons (Fsp3) is 0.500. The van der Waals surface area contributed by atoms with Crippen molar-refractivity contribution in [3.05, 3.63) is 119 Å². The van der Waals surface area contributed by atoms with Gasteiger partial charge in [0.25, 0.3) is 5.91 Å². The second-order valence-corrected chi connectivity index (χ2v) is 19.1. The Labute approximate surface area is 391 Å². The van der Waals surface area contributed by atoms with Gasteiger partial charge >= 0.3 is 17.9 Å². The Kier molecular flexibility index (Phi) is 13.3. The fourth-order valence-electron chi connectivity index (χ4n) is 11.2. The molecule has 8 unspecified atom stereocenters. The van der Waals surface area contributed by atoms with E-state index in [4.69, 9.17) is 28.4 Å². The van der Waals surface area contributed by atoms with E-state index >= 15 is 4.79 Å². The molecule has 0 spiro atoms. The molecule has 364 valence electrons. The molecule has 0 aromatic heterocycles. The van der Waals surface area contributed by atoms with Gasteiger partial charge < -0.3 is 64.4 Å². The number of esters is 3. The third-order valence-electron chi connectivity index (χ3n) is 14.9. The van der Waals surface area contributed by atoms with Crippen LogP contribution < -0.4 is 5.32 Å². The molecule has 3 aromatic carbocycles. The van der Waals surface area contributed by atoms with Gasteiger partial charge in [-0.1, -0.05) is 80.6 Å². The Balaban J connectivity index is 1.26. The predicted octanol–water partition coefficient (Wildman–Crippen LogP) is 1.63. The maximum Gasteiger partial charge on any atom is 0.338 e. The van der Waals surface area contributed by atoms with Crippen molar-refractivity contribution in [1.82, 2.24) is 5.32 Å². The third-order valence-corrected chi connectivity index (χ3v) is 14.9. The molecule has 8 rings (SSSR count). The number of hydrogen-bond donors (Lipinski definition) is 7. The number of ketones is 1. The average molecular weight is 944 g/mol. The van der Waals surface area contributed by atoms with Gasteiger partial charge in [0.15, 0.2) is 23.8 Å². The normalized spacial score (nSPS) is 36.0. The molecule has 5 aliphatic rings. The SMILES string of the molecule is CC(=O)O[C@@]12CO[C@@H]1CC(O[C@@H]1OCC(O)C(O)C1O)[C@@]1(C)C(=O)C(O)C3=C(C)C(OC(=O)C(O)[C@@H](NC(=O)c4ccccc4)c4ccccc4)C[C@@](O)(C(OC(=O)c4ccccc4)[C@@H]21)C3(C)C. The molecule has 7 N–H and O–H groups in total. The molecule has 2 heterocycles. The van der Waals surface area contributed by atoms with Crippen LogP contribution in [0.1, 0.15) is 79.8 Å². The standard InChI is InChI=1S/C50H57NO17/c1-25-31(65-45(61)38(56)35(27-15-9-6-10-16-27)51-43(59)28-17-11-7-12-18-28)22-50(62)42(67-44(60)29-19-13-8-14-20-29)40-48(5,41(58)37(55)34(25)47(50,3)4)32(21-33-49(40,24-64-33)68-26(2)52)66-46-39(57)36(54)30(53)23-63-46/h6-20,30-33,35-40,42,46,53-57,62H,21-24H2,1-5H3,(H,51,59)/t30?,31?,32?,33-,35+,36?,37?,38?,39?,40-,42?,46+,48-,49+,50-/m1/s1. The molecule has 2 saturated heterocycles. The smallest absolute Gasteiger partial charge is 0.338 e. The van der Waals surface area contributed by atoms with Crippen LogP contribution >= 0.6 is 0 Å². The first kappa shape index (κ1) is 49.0. The number of fused-ring (bicyclic) bond motifs is 5. The Morgan fingerprint density at radius 3 is 2.01 bits per heavy atom. The van der Waals surface area contributed by atoms with Crippen LogP contribution in [0.3, 0.4) is 0 Å². The van der Waals surface area contributed by atoms with Crippen molar-refractivity contribution in [2.75, 3.05) is 13.2 Å². The van der Waals surface area contributed by atoms with Gasteiger partial charge in [-0.25, -0.2) is 9.59 Å². The molecule has 4 fully saturated rings. The number of rotatable bonds is 11. The molecule has 15 atom stereocenters. The molecule has 68 heavy (non-hydrogen) atoms. The summed E-state index contributed by atoms with van der Waals surface area (Å²) < 4.78 is 36.8. The Bertz CT molecular complexity index is 2430. The van der Waals surface area contributed by atoms with E-state index in [0.717, 1.165) is 6.92 Å². The van der Waals surface area contributed by atoms with Crippen molar-refractivity contribution in [2.24, 2.45) is 16.7 Å². The van der Waals surface area contributed by atoms with Crippen LogP contribution in [0.5, 0.6) is 0 Å². The molecule has 18 heteroatoms. The van der Waals surface area contributed by atoms with E-state index in [9.17, 15) is 49.8 Å². The van der Waals surface area contributed by atoms with E-state index in [-0.39, 0.29) is 35.3 Å². The molecular weight excluding hydrogens is 887 g/mol. The summed E-state index contributed by atoms with van der Waals surface area (Å²) in [6, 6.07) is 22.7. The lowest BCUT2D eigenvalue weighted by Crippen LogP contribution is -2.82. The molecule has 1 amide bonds. The van der Waals surface area contributed by atoms with Crippen molar-refractivity contribution in [2.45, 2.75) is 126 Å². The highest BCUT2D eigenvalue weighted by atomic mass is 16.7. The van der Waals surface area contributed by atoms with Crippen LogP contribution in [0.15, 0.2) is 102 Å². The second-order valence-electron chi connectivity index (χ2n) is 19.1. The van der Waals surface area contributed by atoms with Crippen molar-refractivity contribution in [3.8, 4) is 0 Å². The van der Waals surface area contributed by atoms with E-state index in [1.807, 2.05) is 0 Å². The maximum absolute atomic E-state index is 15.7. The fourth-order valence-corrected chi connectivity index (χ4v) is 11.2. The van der Waals surface area contributed by atoms with Crippen LogP contribution in [0, 0.1) is 16.7 Å². The number of amides is 1. The summed E-state index contributed by atoms with van der Waals surface area (Å²) in [6.45, 7) is 6.21. The summed E-state index contributed by atoms with van der Waals surface area (Å²) in [4.78, 5) is 71.3. The van der Waals surface area contributed by atoms with Crippen LogP contribution in [-0.2, 0) is 42.8 Å². The Morgan fingerprint density at radius 1 is 0.824 bits per heavy atom. The average Bonchev–Trinajstić information content (AvgIpc) is 3.31. The number of carbonyl (C=O) groups is 5. The van der Waals surface area contributed by atoms with Gasteiger partial charge in [0.1, 0.15) is 48.3 Å². The van der Waals surface area contributed by atoms with Crippen LogP contribution in [-0.4, -0.2) is 146 Å². The highest BCUT2D eigenvalue weighted by Gasteiger charge is 2.78. The van der Waals surface area contributed by atoms with Gasteiger partial charge in [0.05, 0.1) is 42.3 Å². The molecule has 18 nitrogen and oxygen atoms in total. The molecule has 2 aliphatic heterocycles. The highest BCUT2D eigenvalue weighted by Crippen LogP contribution is 2.65. The molecule has 3 aromatic rings. The van der Waals surface area contributed by atoms with Crippen molar-refractivity contribution in [1.29, 1.82) is 0 Å². The third kappa shape index (κ3) is 8.14. The lowest BCUT2D eigenvalue weighted by molar-refractivity contribution is -0.366. The summed E-state index contributed by atoms with van der Waals surface area (Å²) in [7, 11) is 0. The lowest BCUT2D eigenvalue weighted by atomic mass is 9.44. The maximum atomic E-state index is 15.7. The summed E-state index contributed by atoms with van der Waals surface area (Å²) in [5.41, 5.74) is -7.60. The van der Waals surface area contributed by atoms with E-state index in [0.29, 0.717) is 5.56 Å². The molecule has 3 aliphatic carbocycles. The first-order valence-electron chi connectivity index (χ1n) is 22.5. The summed E-state index contributed by atoms with van der Waals surface area (Å²) in [5.74, 6) is -6.29. The Hall–Kier alpha value is -5.41. The van der Waals surface area contributed by atoms with E-state index < -0.39 is 138 Å². The molecule has 2 bridgehead atoms. The Morgan fingerprint density at radius 2 is 1.43 bits per heavy atom. The van der Waals surface area contributed by atoms with Crippen LogP contribution in [0.2, 0.25) is 0 Å². The summed E-state index contributed by atoms with van der Waals surface area (Å²) in [6.07, 6.45) is -17.8. The van der Waals surface area contributed by atoms with Gasteiger partial charge in [-0.3, -0.25) is 14.4 Å². The zero-order valence-corrected chi connectivity index (χ0v) is 38.1. The highest BCUT2D eigenvalue weighted by molar-refractivity contribution is 5.95. The van der Waals surface area contributed by atoms with Gasteiger partial charge in [-0.2, -0.15) is 0 Å². The minimum absolute atomic E-state index is 0.0280. The van der Waals surface area contributed by atoms with Gasteiger partial charge in [0, 0.05) is 30.7 Å². The molecular formula is C50H57NO17. The van der Waals surface area contributed by atoms with Crippen LogP contribution in [0.25, 0.3) is 0 Å². The summed E-state index contributed by atoms with van der Waals surface area (Å²) >= 11 is 0. The minimum atomic E-state index is -2.47. The zero-order valence-electron chi connectivity index (χ0n) is 38.1. The number of aliphatic hydroxyl groups excluding tert-OH is 5. The number of nitrogens with one attached hydrogen (secondary N) is 1. The van der Waals surface area contributed by atoms with Crippen molar-refractivity contribution < 1.29 is 83.0 Å². The quantitative estimate of drug-likeness (QED) is 0.0818. The van der Waals surface area contributed by atoms with Gasteiger partial charge in [-0.05, 0) is 54.8 Å². The minimum Gasteiger partial charge on any atom is -0.456 e. The number of aliphatic hydroxyl groups is 6. The van der Waals surface area contributed by atoms with Crippen molar-refractivity contribution in [3.63, 3.8) is 0 Å². The van der Waals surface area contributed by atoms with E-state index in [2.05, 4.69) is 5.32 Å². The topological polar surface area (TPSA) is 274 Å². The monoisotopic (exact) mass is 943 g/mol. The van der Waals surface area contributed by atoms with E-state index in [1.54, 1.807) is 78.9 Å². The number of ether oxygens (including phenoxy) is 6. The lowest BCUT2D eigenvalue weighted by Gasteiger charge is -2.68. The number of hydrogen-bond acceptors (Lipinski definition) is 17. The van der Waals surface area contributed by atoms with E-state index in [1.165, 1.54) is 39.8 Å². The molecule has 2 saturated carbocycles. The van der Waals surface area contributed by atoms with Crippen LogP contribution in [0.4, 0.5) is 0 Å². The van der Waals surface area contributed by atoms with Crippen molar-refractivity contribution >= 4 is 29.6 Å².